The third kappa shape index (κ3) is 7.68. The molecule has 1 aliphatic heterocycles. The highest BCUT2D eigenvalue weighted by atomic mass is 16.5. The summed E-state index contributed by atoms with van der Waals surface area (Å²) in [5, 5.41) is 9.76. The fourth-order valence-electron chi connectivity index (χ4n) is 4.26. The zero-order valence-electron chi connectivity index (χ0n) is 22.5. The number of fused-ring (bicyclic) bond motifs is 1. The lowest BCUT2D eigenvalue weighted by atomic mass is 9.93. The van der Waals surface area contributed by atoms with Gasteiger partial charge in [-0.05, 0) is 68.9 Å². The number of carbonyl (C=O) groups is 2. The SMILES string of the molecule is C/C=C/C=C(\C)C(=O)N1Cc2cc(OCCc3nc(/C=C/CCC(C)C)oc3C)ccc2C[C@H]1C(=O)O. The molecule has 0 fully saturated rings. The van der Waals surface area contributed by atoms with Crippen molar-refractivity contribution in [3.05, 3.63) is 76.5 Å². The number of rotatable bonds is 11. The number of benzene rings is 1. The van der Waals surface area contributed by atoms with E-state index in [1.807, 2.05) is 44.2 Å². The van der Waals surface area contributed by atoms with Gasteiger partial charge in [0.15, 0.2) is 0 Å². The van der Waals surface area contributed by atoms with Gasteiger partial charge in [0, 0.05) is 25.0 Å². The minimum absolute atomic E-state index is 0.220. The third-order valence-corrected chi connectivity index (χ3v) is 6.42. The fourth-order valence-corrected chi connectivity index (χ4v) is 4.26. The number of carboxylic acids is 1. The number of hydrogen-bond donors (Lipinski definition) is 1. The van der Waals surface area contributed by atoms with Gasteiger partial charge in [0.1, 0.15) is 17.6 Å². The highest BCUT2D eigenvalue weighted by Gasteiger charge is 2.35. The Balaban J connectivity index is 1.64. The van der Waals surface area contributed by atoms with E-state index in [1.54, 1.807) is 19.1 Å². The van der Waals surface area contributed by atoms with Crippen LogP contribution in [-0.2, 0) is 29.0 Å². The number of hydrogen-bond acceptors (Lipinski definition) is 5. The van der Waals surface area contributed by atoms with Crippen LogP contribution in [0.2, 0.25) is 0 Å². The van der Waals surface area contributed by atoms with Gasteiger partial charge in [-0.25, -0.2) is 9.78 Å². The summed E-state index contributed by atoms with van der Waals surface area (Å²) >= 11 is 0. The zero-order valence-corrected chi connectivity index (χ0v) is 22.5. The lowest BCUT2D eigenvalue weighted by molar-refractivity contribution is -0.149. The van der Waals surface area contributed by atoms with Gasteiger partial charge in [0.2, 0.25) is 5.89 Å². The van der Waals surface area contributed by atoms with E-state index < -0.39 is 12.0 Å². The van der Waals surface area contributed by atoms with Crippen LogP contribution in [0.4, 0.5) is 0 Å². The summed E-state index contributed by atoms with van der Waals surface area (Å²) in [5.74, 6) is 1.46. The van der Waals surface area contributed by atoms with Crippen molar-refractivity contribution in [3.8, 4) is 5.75 Å². The van der Waals surface area contributed by atoms with Crippen LogP contribution in [0.1, 0.15) is 69.0 Å². The van der Waals surface area contributed by atoms with Gasteiger partial charge in [-0.2, -0.15) is 0 Å². The number of carbonyl (C=O) groups excluding carboxylic acids is 1. The average molecular weight is 507 g/mol. The maximum Gasteiger partial charge on any atom is 0.326 e. The number of amides is 1. The summed E-state index contributed by atoms with van der Waals surface area (Å²) in [6, 6.07) is 4.75. The van der Waals surface area contributed by atoms with Crippen LogP contribution >= 0.6 is 0 Å². The quantitative estimate of drug-likeness (QED) is 0.301. The van der Waals surface area contributed by atoms with Crippen molar-refractivity contribution in [2.45, 2.75) is 72.9 Å². The van der Waals surface area contributed by atoms with Crippen LogP contribution < -0.4 is 4.74 Å². The molecule has 0 saturated heterocycles. The molecule has 0 radical (unpaired) electrons. The third-order valence-electron chi connectivity index (χ3n) is 6.42. The monoisotopic (exact) mass is 506 g/mol. The van der Waals surface area contributed by atoms with Gasteiger partial charge in [-0.1, -0.05) is 44.2 Å². The smallest absolute Gasteiger partial charge is 0.326 e. The molecule has 3 rings (SSSR count). The molecule has 7 heteroatoms. The van der Waals surface area contributed by atoms with Gasteiger partial charge in [0.25, 0.3) is 5.91 Å². The zero-order chi connectivity index (χ0) is 26.9. The molecule has 198 valence electrons. The van der Waals surface area contributed by atoms with Crippen molar-refractivity contribution in [3.63, 3.8) is 0 Å². The van der Waals surface area contributed by atoms with Gasteiger partial charge in [-0.15, -0.1) is 0 Å². The lowest BCUT2D eigenvalue weighted by Crippen LogP contribution is -2.48. The first-order valence-electron chi connectivity index (χ1n) is 12.9. The number of oxazole rings is 1. The number of nitrogens with zero attached hydrogens (tertiary/aromatic N) is 2. The molecule has 37 heavy (non-hydrogen) atoms. The maximum atomic E-state index is 13.0. The first kappa shape index (κ1) is 28.0. The number of aliphatic carboxylic acids is 1. The second kappa shape index (κ2) is 13.1. The van der Waals surface area contributed by atoms with E-state index in [4.69, 9.17) is 9.15 Å². The summed E-state index contributed by atoms with van der Waals surface area (Å²) in [5.41, 5.74) is 3.18. The molecule has 1 atom stereocenters. The summed E-state index contributed by atoms with van der Waals surface area (Å²) in [6.45, 7) is 10.5. The Morgan fingerprint density at radius 1 is 1.30 bits per heavy atom. The van der Waals surface area contributed by atoms with E-state index in [1.165, 1.54) is 4.90 Å². The standard InChI is InChI=1S/C30H38N2O5/c1-6-7-11-21(4)29(33)32-19-24-17-25(14-13-23(24)18-27(32)30(34)35)36-16-15-26-22(5)37-28(31-26)12-9-8-10-20(2)3/h6-7,9,11-14,17,20,27H,8,10,15-16,18-19H2,1-5H3,(H,34,35)/b7-6+,12-9+,21-11+/t27-/m0/s1. The van der Waals surface area contributed by atoms with E-state index in [0.717, 1.165) is 35.4 Å². The molecule has 0 aliphatic carbocycles. The highest BCUT2D eigenvalue weighted by molar-refractivity contribution is 5.96. The van der Waals surface area contributed by atoms with Crippen molar-refractivity contribution >= 4 is 18.0 Å². The van der Waals surface area contributed by atoms with Gasteiger partial charge in [0.05, 0.1) is 12.3 Å². The summed E-state index contributed by atoms with van der Waals surface area (Å²) in [7, 11) is 0. The predicted molar refractivity (Wildman–Crippen MR) is 144 cm³/mol. The topological polar surface area (TPSA) is 92.9 Å². The van der Waals surface area contributed by atoms with Gasteiger partial charge in [-0.3, -0.25) is 4.79 Å². The lowest BCUT2D eigenvalue weighted by Gasteiger charge is -2.35. The van der Waals surface area contributed by atoms with Crippen LogP contribution in [0.5, 0.6) is 5.75 Å². The Bertz CT molecular complexity index is 1190. The van der Waals surface area contributed by atoms with E-state index in [-0.39, 0.29) is 18.9 Å². The Morgan fingerprint density at radius 2 is 2.08 bits per heavy atom. The van der Waals surface area contributed by atoms with Crippen molar-refractivity contribution in [2.75, 3.05) is 6.61 Å². The van der Waals surface area contributed by atoms with Crippen LogP contribution in [-0.4, -0.2) is 39.5 Å². The van der Waals surface area contributed by atoms with E-state index in [2.05, 4.69) is 24.9 Å². The Kier molecular flexibility index (Phi) is 9.89. The summed E-state index contributed by atoms with van der Waals surface area (Å²) < 4.78 is 11.8. The molecule has 0 spiro atoms. The first-order valence-corrected chi connectivity index (χ1v) is 12.9. The van der Waals surface area contributed by atoms with Crippen LogP contribution in [0.3, 0.4) is 0 Å². The van der Waals surface area contributed by atoms with E-state index >= 15 is 0 Å². The molecule has 0 saturated carbocycles. The minimum Gasteiger partial charge on any atom is -0.493 e. The molecule has 2 heterocycles. The second-order valence-electron chi connectivity index (χ2n) is 9.82. The molecular weight excluding hydrogens is 468 g/mol. The van der Waals surface area contributed by atoms with Crippen LogP contribution in [0.25, 0.3) is 6.08 Å². The number of aromatic nitrogens is 1. The molecule has 1 amide bonds. The van der Waals surface area contributed by atoms with Crippen LogP contribution in [0, 0.1) is 12.8 Å². The predicted octanol–water partition coefficient (Wildman–Crippen LogP) is 5.91. The molecule has 1 aromatic carbocycles. The van der Waals surface area contributed by atoms with Crippen molar-refractivity contribution < 1.29 is 23.8 Å². The summed E-state index contributed by atoms with van der Waals surface area (Å²) in [6.07, 6.45) is 12.3. The molecule has 1 N–H and O–H groups in total. The van der Waals surface area contributed by atoms with Crippen molar-refractivity contribution in [1.29, 1.82) is 0 Å². The van der Waals surface area contributed by atoms with E-state index in [0.29, 0.717) is 36.2 Å². The van der Waals surface area contributed by atoms with Gasteiger partial charge >= 0.3 is 5.97 Å². The number of carboxylic acid groups (broad SMARTS) is 1. The van der Waals surface area contributed by atoms with Crippen LogP contribution in [0.15, 0.2) is 52.5 Å². The minimum atomic E-state index is -1.00. The van der Waals surface area contributed by atoms with Gasteiger partial charge < -0.3 is 19.2 Å². The average Bonchev–Trinajstić information content (AvgIpc) is 3.22. The number of allylic oxidation sites excluding steroid dienone is 4. The number of ether oxygens (including phenoxy) is 1. The molecule has 7 nitrogen and oxygen atoms in total. The fraction of sp³-hybridized carbons (Fsp3) is 0.433. The molecule has 1 aliphatic rings. The summed E-state index contributed by atoms with van der Waals surface area (Å²) in [4.78, 5) is 30.9. The Labute approximate surface area is 219 Å². The second-order valence-corrected chi connectivity index (χ2v) is 9.82. The maximum absolute atomic E-state index is 13.0. The Hall–Kier alpha value is -3.61. The Morgan fingerprint density at radius 3 is 2.78 bits per heavy atom. The largest absolute Gasteiger partial charge is 0.493 e. The molecule has 2 aromatic rings. The number of aryl methyl sites for hydroxylation is 1. The van der Waals surface area contributed by atoms with Crippen molar-refractivity contribution in [2.24, 2.45) is 5.92 Å². The highest BCUT2D eigenvalue weighted by Crippen LogP contribution is 2.28. The molecule has 1 aromatic heterocycles. The van der Waals surface area contributed by atoms with Crippen molar-refractivity contribution in [1.82, 2.24) is 9.88 Å². The molecule has 0 unspecified atom stereocenters. The van der Waals surface area contributed by atoms with E-state index in [9.17, 15) is 14.7 Å². The molecule has 0 bridgehead atoms. The first-order chi connectivity index (χ1) is 17.7. The molecular formula is C30H38N2O5. The normalized spacial score (nSPS) is 16.1.